The molecule has 1 saturated heterocycles. The molecule has 1 fully saturated rings. The summed E-state index contributed by atoms with van der Waals surface area (Å²) in [6.45, 7) is 2.77. The zero-order chi connectivity index (χ0) is 25.5. The van der Waals surface area contributed by atoms with E-state index in [0.717, 1.165) is 10.9 Å². The molecule has 186 valence electrons. The van der Waals surface area contributed by atoms with Crippen LogP contribution in [-0.4, -0.2) is 49.1 Å². The number of piperazine rings is 1. The van der Waals surface area contributed by atoms with E-state index in [-0.39, 0.29) is 19.2 Å². The topological polar surface area (TPSA) is 45.7 Å². The van der Waals surface area contributed by atoms with Gasteiger partial charge in [-0.25, -0.2) is 4.98 Å². The number of methoxy groups -OCH3 is 1. The first-order valence-corrected chi connectivity index (χ1v) is 10.7. The lowest BCUT2D eigenvalue weighted by Gasteiger charge is -2.36. The van der Waals surface area contributed by atoms with Crippen LogP contribution in [-0.2, 0) is 12.4 Å². The fraction of sp³-hybridized carbons (Fsp3) is 0.333. The predicted molar refractivity (Wildman–Crippen MR) is 118 cm³/mol. The summed E-state index contributed by atoms with van der Waals surface area (Å²) in [5.41, 5.74) is -2.04. The van der Waals surface area contributed by atoms with Crippen LogP contribution in [0.1, 0.15) is 27.0 Å². The van der Waals surface area contributed by atoms with Crippen LogP contribution in [0.5, 0.6) is 5.75 Å². The highest BCUT2D eigenvalue weighted by Crippen LogP contribution is 2.37. The van der Waals surface area contributed by atoms with E-state index in [4.69, 9.17) is 4.74 Å². The lowest BCUT2D eigenvalue weighted by molar-refractivity contribution is -0.143. The number of aryl methyl sites for hydroxylation is 1. The van der Waals surface area contributed by atoms with Crippen LogP contribution in [0.15, 0.2) is 42.5 Å². The van der Waals surface area contributed by atoms with Crippen molar-refractivity contribution in [3.8, 4) is 5.75 Å². The van der Waals surface area contributed by atoms with Crippen molar-refractivity contribution in [1.82, 2.24) is 9.88 Å². The summed E-state index contributed by atoms with van der Waals surface area (Å²) in [4.78, 5) is 20.7. The van der Waals surface area contributed by atoms with Gasteiger partial charge in [0.1, 0.15) is 17.1 Å². The summed E-state index contributed by atoms with van der Waals surface area (Å²) in [6, 6.07) is 8.40. The number of carbonyl (C=O) groups is 1. The van der Waals surface area contributed by atoms with Crippen LogP contribution in [0.2, 0.25) is 0 Å². The Labute approximate surface area is 196 Å². The molecular formula is C24H21F6N3O2. The number of carbonyl (C=O) groups excluding carboxylic acids is 1. The third kappa shape index (κ3) is 4.98. The van der Waals surface area contributed by atoms with Crippen molar-refractivity contribution in [3.63, 3.8) is 0 Å². The van der Waals surface area contributed by atoms with Crippen LogP contribution in [0.4, 0.5) is 32.2 Å². The number of halogens is 6. The minimum Gasteiger partial charge on any atom is -0.494 e. The van der Waals surface area contributed by atoms with Crippen molar-refractivity contribution in [2.45, 2.75) is 19.3 Å². The van der Waals surface area contributed by atoms with Gasteiger partial charge < -0.3 is 14.5 Å². The summed E-state index contributed by atoms with van der Waals surface area (Å²) in [5.74, 6) is 0.363. The van der Waals surface area contributed by atoms with Gasteiger partial charge in [0.15, 0.2) is 0 Å². The molecule has 1 aliphatic rings. The predicted octanol–water partition coefficient (Wildman–Crippen LogP) is 5.55. The van der Waals surface area contributed by atoms with Gasteiger partial charge >= 0.3 is 12.4 Å². The van der Waals surface area contributed by atoms with Crippen LogP contribution in [0, 0.1) is 6.92 Å². The molecule has 1 amide bonds. The van der Waals surface area contributed by atoms with Crippen molar-refractivity contribution in [3.05, 3.63) is 64.7 Å². The maximum absolute atomic E-state index is 13.2. The molecule has 0 spiro atoms. The second kappa shape index (κ2) is 8.94. The van der Waals surface area contributed by atoms with E-state index < -0.39 is 35.0 Å². The molecule has 1 aliphatic heterocycles. The van der Waals surface area contributed by atoms with Gasteiger partial charge in [-0.2, -0.15) is 26.3 Å². The summed E-state index contributed by atoms with van der Waals surface area (Å²) in [5, 5.41) is 0.923. The number of aromatic nitrogens is 1. The van der Waals surface area contributed by atoms with E-state index in [1.165, 1.54) is 4.90 Å². The third-order valence-electron chi connectivity index (χ3n) is 5.94. The Bertz CT molecular complexity index is 1230. The fourth-order valence-electron chi connectivity index (χ4n) is 4.10. The molecule has 4 rings (SSSR count). The molecule has 0 unspecified atom stereocenters. The standard InChI is InChI=1S/C24H21F6N3O2/c1-14-10-20(31-21-18(14)4-3-5-19(21)35-2)32-6-8-33(9-7-32)22(34)15-11-16(23(25,26)27)13-17(12-15)24(28,29)30/h3-5,10-13H,6-9H2,1-2H3. The molecule has 0 aliphatic carbocycles. The number of fused-ring (bicyclic) bond motifs is 1. The molecule has 0 atom stereocenters. The monoisotopic (exact) mass is 497 g/mol. The highest BCUT2D eigenvalue weighted by atomic mass is 19.4. The van der Waals surface area contributed by atoms with Crippen molar-refractivity contribution < 1.29 is 35.9 Å². The molecule has 11 heteroatoms. The molecule has 3 aromatic rings. The lowest BCUT2D eigenvalue weighted by Crippen LogP contribution is -2.49. The number of pyridine rings is 1. The van der Waals surface area contributed by atoms with Gasteiger partial charge in [0, 0.05) is 37.1 Å². The van der Waals surface area contributed by atoms with Crippen LogP contribution >= 0.6 is 0 Å². The first-order valence-electron chi connectivity index (χ1n) is 10.7. The minimum absolute atomic E-state index is 0.0106. The lowest BCUT2D eigenvalue weighted by atomic mass is 10.0. The number of anilines is 1. The number of hydrogen-bond donors (Lipinski definition) is 0. The zero-order valence-electron chi connectivity index (χ0n) is 18.8. The van der Waals surface area contributed by atoms with Crippen molar-refractivity contribution >= 4 is 22.6 Å². The van der Waals surface area contributed by atoms with Gasteiger partial charge in [-0.05, 0) is 42.8 Å². The average molecular weight is 497 g/mol. The Hall–Kier alpha value is -3.50. The number of ether oxygens (including phenoxy) is 1. The number of nitrogens with zero attached hydrogens (tertiary/aromatic N) is 3. The first kappa shape index (κ1) is 24.6. The van der Waals surface area contributed by atoms with E-state index in [1.54, 1.807) is 13.2 Å². The first-order chi connectivity index (χ1) is 16.4. The van der Waals surface area contributed by atoms with Crippen molar-refractivity contribution in [1.29, 1.82) is 0 Å². The Kier molecular flexibility index (Phi) is 6.29. The van der Waals surface area contributed by atoms with Gasteiger partial charge in [-0.15, -0.1) is 0 Å². The highest BCUT2D eigenvalue weighted by molar-refractivity contribution is 5.95. The van der Waals surface area contributed by atoms with Crippen LogP contribution < -0.4 is 9.64 Å². The molecule has 5 nitrogen and oxygen atoms in total. The Morgan fingerprint density at radius 3 is 2.06 bits per heavy atom. The second-order valence-electron chi connectivity index (χ2n) is 8.23. The van der Waals surface area contributed by atoms with E-state index >= 15 is 0 Å². The summed E-state index contributed by atoms with van der Waals surface area (Å²) in [7, 11) is 1.54. The van der Waals surface area contributed by atoms with E-state index in [1.807, 2.05) is 30.0 Å². The van der Waals surface area contributed by atoms with Gasteiger partial charge in [-0.3, -0.25) is 4.79 Å². The van der Waals surface area contributed by atoms with Gasteiger partial charge in [0.2, 0.25) is 0 Å². The van der Waals surface area contributed by atoms with Gasteiger partial charge in [0.05, 0.1) is 18.2 Å². The van der Waals surface area contributed by atoms with E-state index in [9.17, 15) is 31.1 Å². The minimum atomic E-state index is -5.02. The van der Waals surface area contributed by atoms with Crippen molar-refractivity contribution in [2.75, 3.05) is 38.2 Å². The fourth-order valence-corrected chi connectivity index (χ4v) is 4.10. The largest absolute Gasteiger partial charge is 0.494 e. The molecule has 0 N–H and O–H groups in total. The third-order valence-corrected chi connectivity index (χ3v) is 5.94. The van der Waals surface area contributed by atoms with E-state index in [0.29, 0.717) is 42.3 Å². The Morgan fingerprint density at radius 1 is 0.914 bits per heavy atom. The second-order valence-corrected chi connectivity index (χ2v) is 8.23. The molecule has 2 heterocycles. The molecule has 0 radical (unpaired) electrons. The molecule has 1 aromatic heterocycles. The maximum atomic E-state index is 13.2. The molecule has 0 saturated carbocycles. The number of amides is 1. The number of para-hydroxylation sites is 1. The van der Waals surface area contributed by atoms with Crippen LogP contribution in [0.25, 0.3) is 10.9 Å². The van der Waals surface area contributed by atoms with E-state index in [2.05, 4.69) is 4.98 Å². The zero-order valence-corrected chi connectivity index (χ0v) is 18.8. The molecule has 2 aromatic carbocycles. The molecular weight excluding hydrogens is 476 g/mol. The normalized spacial score (nSPS) is 15.0. The van der Waals surface area contributed by atoms with Crippen molar-refractivity contribution in [2.24, 2.45) is 0 Å². The highest BCUT2D eigenvalue weighted by Gasteiger charge is 2.38. The maximum Gasteiger partial charge on any atom is 0.416 e. The SMILES string of the molecule is COc1cccc2c(C)cc(N3CCN(C(=O)c4cc(C(F)(F)F)cc(C(F)(F)F)c4)CC3)nc12. The quantitative estimate of drug-likeness (QED) is 0.445. The Morgan fingerprint density at radius 2 is 1.51 bits per heavy atom. The summed E-state index contributed by atoms with van der Waals surface area (Å²) in [6.07, 6.45) is -10.0. The van der Waals surface area contributed by atoms with Gasteiger partial charge in [-0.1, -0.05) is 12.1 Å². The number of benzene rings is 2. The molecule has 35 heavy (non-hydrogen) atoms. The smallest absolute Gasteiger partial charge is 0.416 e. The number of hydrogen-bond acceptors (Lipinski definition) is 4. The van der Waals surface area contributed by atoms with Crippen LogP contribution in [0.3, 0.4) is 0 Å². The summed E-state index contributed by atoms with van der Waals surface area (Å²) >= 11 is 0. The average Bonchev–Trinajstić information content (AvgIpc) is 2.82. The Balaban J connectivity index is 1.56. The molecule has 0 bridgehead atoms. The van der Waals surface area contributed by atoms with Gasteiger partial charge in [0.25, 0.3) is 5.91 Å². The number of rotatable bonds is 3. The summed E-state index contributed by atoms with van der Waals surface area (Å²) < 4.78 is 84.4. The number of alkyl halides is 6.